The van der Waals surface area contributed by atoms with Crippen LogP contribution in [-0.4, -0.2) is 43.1 Å². The maximum atomic E-state index is 14.2. The molecule has 0 radical (unpaired) electrons. The molecule has 1 atom stereocenters. The summed E-state index contributed by atoms with van der Waals surface area (Å²) in [5, 5.41) is 3.05. The molecule has 1 aromatic rings. The average Bonchev–Trinajstić information content (AvgIpc) is 2.63. The maximum Gasteiger partial charge on any atom is 0.407 e. The summed E-state index contributed by atoms with van der Waals surface area (Å²) in [6, 6.07) is 5.31. The fourth-order valence-corrected chi connectivity index (χ4v) is 2.69. The van der Waals surface area contributed by atoms with Crippen LogP contribution in [0.25, 0.3) is 0 Å². The van der Waals surface area contributed by atoms with Crippen molar-refractivity contribution in [2.24, 2.45) is 4.99 Å². The minimum Gasteiger partial charge on any atom is -0.467 e. The molecule has 166 valence electrons. The molecule has 30 heavy (non-hydrogen) atoms. The number of nitrogens with one attached hydrogen (secondary N) is 1. The fraction of sp³-hybridized carbons (Fsp3) is 0.500. The summed E-state index contributed by atoms with van der Waals surface area (Å²) in [4.78, 5) is 28.2. The fourth-order valence-electron chi connectivity index (χ4n) is 2.46. The number of allylic oxidation sites excluding steroid dienone is 1. The molecule has 6 nitrogen and oxygen atoms in total. The van der Waals surface area contributed by atoms with Crippen LogP contribution in [0.3, 0.4) is 0 Å². The molecule has 0 aliphatic carbocycles. The van der Waals surface area contributed by atoms with Crippen LogP contribution >= 0.6 is 11.6 Å². The van der Waals surface area contributed by atoms with Gasteiger partial charge in [0.25, 0.3) is 0 Å². The van der Waals surface area contributed by atoms with Crippen LogP contribution in [0, 0.1) is 6.92 Å². The largest absolute Gasteiger partial charge is 0.467 e. The third kappa shape index (κ3) is 8.95. The molecule has 1 N–H and O–H groups in total. The molecule has 0 heterocycles. The lowest BCUT2D eigenvalue weighted by molar-refractivity contribution is -0.146. The Morgan fingerprint density at radius 2 is 1.93 bits per heavy atom. The van der Waals surface area contributed by atoms with Gasteiger partial charge in [-0.25, -0.2) is 14.0 Å². The Morgan fingerprint density at radius 1 is 1.27 bits per heavy atom. The van der Waals surface area contributed by atoms with Crippen molar-refractivity contribution in [3.05, 3.63) is 46.3 Å². The summed E-state index contributed by atoms with van der Waals surface area (Å²) in [7, 11) is 1.26. The molecule has 1 rings (SSSR count). The SMILES string of the molecule is COC(=O)C(C)(CC/C(F)=C\CNC(=O)OC(C)(C)C)N=Cc1ccc(Cl)cc1C. The number of nitrogens with zero attached hydrogens (tertiary/aromatic N) is 1. The molecule has 0 aliphatic heterocycles. The number of esters is 1. The van der Waals surface area contributed by atoms with Crippen molar-refractivity contribution in [3.8, 4) is 0 Å². The van der Waals surface area contributed by atoms with E-state index in [1.54, 1.807) is 52.1 Å². The predicted molar refractivity (Wildman–Crippen MR) is 117 cm³/mol. The van der Waals surface area contributed by atoms with Crippen molar-refractivity contribution in [1.82, 2.24) is 5.32 Å². The average molecular weight is 441 g/mol. The van der Waals surface area contributed by atoms with Gasteiger partial charge < -0.3 is 14.8 Å². The summed E-state index contributed by atoms with van der Waals surface area (Å²) < 4.78 is 24.1. The van der Waals surface area contributed by atoms with Crippen LogP contribution in [0.15, 0.2) is 35.1 Å². The van der Waals surface area contributed by atoms with Gasteiger partial charge in [-0.2, -0.15) is 0 Å². The number of benzene rings is 1. The number of carbonyl (C=O) groups excluding carboxylic acids is 2. The second-order valence-electron chi connectivity index (χ2n) is 8.06. The van der Waals surface area contributed by atoms with Crippen molar-refractivity contribution < 1.29 is 23.5 Å². The van der Waals surface area contributed by atoms with Crippen molar-refractivity contribution in [1.29, 1.82) is 0 Å². The Bertz CT molecular complexity index is 818. The molecule has 0 bridgehead atoms. The van der Waals surface area contributed by atoms with E-state index in [1.165, 1.54) is 13.2 Å². The number of methoxy groups -OCH3 is 1. The number of amides is 1. The number of aliphatic imine (C=N–C) groups is 1. The van der Waals surface area contributed by atoms with Gasteiger partial charge in [0, 0.05) is 24.2 Å². The van der Waals surface area contributed by atoms with E-state index >= 15 is 0 Å². The van der Waals surface area contributed by atoms with E-state index in [0.29, 0.717) is 5.02 Å². The quantitative estimate of drug-likeness (QED) is 0.447. The van der Waals surface area contributed by atoms with Gasteiger partial charge in [0.15, 0.2) is 5.54 Å². The third-order valence-electron chi connectivity index (χ3n) is 4.17. The zero-order valence-corrected chi connectivity index (χ0v) is 19.1. The highest BCUT2D eigenvalue weighted by Gasteiger charge is 2.33. The van der Waals surface area contributed by atoms with E-state index in [9.17, 15) is 14.0 Å². The monoisotopic (exact) mass is 440 g/mol. The molecular weight excluding hydrogens is 411 g/mol. The number of hydrogen-bond donors (Lipinski definition) is 1. The molecule has 0 saturated heterocycles. The molecule has 0 fully saturated rings. The van der Waals surface area contributed by atoms with Crippen molar-refractivity contribution in [3.63, 3.8) is 0 Å². The second kappa shape index (κ2) is 11.1. The zero-order valence-electron chi connectivity index (χ0n) is 18.3. The number of hydrogen-bond acceptors (Lipinski definition) is 5. The van der Waals surface area contributed by atoms with Gasteiger partial charge in [0.1, 0.15) is 5.60 Å². The van der Waals surface area contributed by atoms with Crippen molar-refractivity contribution in [2.45, 2.75) is 58.6 Å². The number of halogens is 2. The number of alkyl carbamates (subject to hydrolysis) is 1. The summed E-state index contributed by atoms with van der Waals surface area (Å²) in [5.41, 5.74) is -0.190. The molecule has 0 aliphatic rings. The lowest BCUT2D eigenvalue weighted by Crippen LogP contribution is -2.35. The Labute approximate surface area is 182 Å². The van der Waals surface area contributed by atoms with Crippen LogP contribution in [0.4, 0.5) is 9.18 Å². The highest BCUT2D eigenvalue weighted by Crippen LogP contribution is 2.24. The van der Waals surface area contributed by atoms with Gasteiger partial charge in [0.2, 0.25) is 0 Å². The second-order valence-corrected chi connectivity index (χ2v) is 8.49. The smallest absolute Gasteiger partial charge is 0.407 e. The van der Waals surface area contributed by atoms with Crippen molar-refractivity contribution in [2.75, 3.05) is 13.7 Å². The molecule has 0 aromatic heterocycles. The van der Waals surface area contributed by atoms with E-state index < -0.39 is 29.0 Å². The predicted octanol–water partition coefficient (Wildman–Crippen LogP) is 5.16. The summed E-state index contributed by atoms with van der Waals surface area (Å²) in [6.07, 6.45) is 2.22. The summed E-state index contributed by atoms with van der Waals surface area (Å²) in [5.74, 6) is -1.04. The van der Waals surface area contributed by atoms with Crippen LogP contribution in [-0.2, 0) is 14.3 Å². The third-order valence-corrected chi connectivity index (χ3v) is 4.40. The number of rotatable bonds is 8. The van der Waals surface area contributed by atoms with Gasteiger partial charge in [-0.3, -0.25) is 4.99 Å². The first-order valence-corrected chi connectivity index (χ1v) is 9.95. The Morgan fingerprint density at radius 3 is 2.50 bits per heavy atom. The van der Waals surface area contributed by atoms with Crippen LogP contribution in [0.1, 0.15) is 51.7 Å². The molecule has 0 saturated carbocycles. The van der Waals surface area contributed by atoms with Gasteiger partial charge in [0.05, 0.1) is 12.9 Å². The highest BCUT2D eigenvalue weighted by molar-refractivity contribution is 6.30. The molecule has 0 spiro atoms. The first kappa shape index (κ1) is 25.6. The van der Waals surface area contributed by atoms with Crippen LogP contribution in [0.5, 0.6) is 0 Å². The van der Waals surface area contributed by atoms with E-state index in [0.717, 1.165) is 11.1 Å². The lowest BCUT2D eigenvalue weighted by Gasteiger charge is -2.22. The molecule has 1 unspecified atom stereocenters. The normalized spacial score (nSPS) is 14.3. The Kier molecular flexibility index (Phi) is 9.49. The van der Waals surface area contributed by atoms with E-state index in [4.69, 9.17) is 21.1 Å². The molecular formula is C22H30ClFN2O4. The van der Waals surface area contributed by atoms with Gasteiger partial charge in [-0.05, 0) is 70.4 Å². The summed E-state index contributed by atoms with van der Waals surface area (Å²) in [6.45, 7) is 8.66. The first-order valence-electron chi connectivity index (χ1n) is 9.57. The number of carbonyl (C=O) groups is 2. The molecule has 8 heteroatoms. The van der Waals surface area contributed by atoms with Crippen LogP contribution in [0.2, 0.25) is 5.02 Å². The number of aryl methyl sites for hydroxylation is 1. The molecule has 1 aromatic carbocycles. The van der Waals surface area contributed by atoms with E-state index in [2.05, 4.69) is 10.3 Å². The van der Waals surface area contributed by atoms with E-state index in [1.807, 2.05) is 6.92 Å². The minimum absolute atomic E-state index is 0.0249. The number of ether oxygens (including phenoxy) is 2. The lowest BCUT2D eigenvalue weighted by atomic mass is 9.96. The highest BCUT2D eigenvalue weighted by atomic mass is 35.5. The standard InChI is InChI=1S/C22H30ClFN2O4/c1-15-13-17(23)8-7-16(15)14-26-22(5,19(27)29-6)11-9-18(24)10-12-25-20(28)30-21(2,3)4/h7-8,10,13-14H,9,11-12H2,1-6H3,(H,25,28)/b18-10+,26-14?. The maximum absolute atomic E-state index is 14.2. The zero-order chi connectivity index (χ0) is 22.9. The Balaban J connectivity index is 2.76. The van der Waals surface area contributed by atoms with Gasteiger partial charge >= 0.3 is 12.1 Å². The topological polar surface area (TPSA) is 77.0 Å². The molecule has 1 amide bonds. The first-order chi connectivity index (χ1) is 13.9. The minimum atomic E-state index is -1.26. The van der Waals surface area contributed by atoms with E-state index in [-0.39, 0.29) is 19.4 Å². The van der Waals surface area contributed by atoms with Gasteiger partial charge in [-0.1, -0.05) is 17.7 Å². The van der Waals surface area contributed by atoms with Gasteiger partial charge in [-0.15, -0.1) is 0 Å². The summed E-state index contributed by atoms with van der Waals surface area (Å²) >= 11 is 5.96. The van der Waals surface area contributed by atoms with Crippen molar-refractivity contribution >= 4 is 29.9 Å². The van der Waals surface area contributed by atoms with Crippen LogP contribution < -0.4 is 5.32 Å². The Hall–Kier alpha value is -2.41.